The molecule has 31 heavy (non-hydrogen) atoms. The first kappa shape index (κ1) is 20.7. The van der Waals surface area contributed by atoms with Crippen LogP contribution in [-0.2, 0) is 19.4 Å². The predicted molar refractivity (Wildman–Crippen MR) is 108 cm³/mol. The summed E-state index contributed by atoms with van der Waals surface area (Å²) in [6.07, 6.45) is 1.10. The number of nitrogens with one attached hydrogen (secondary N) is 1. The maximum Gasteiger partial charge on any atom is 0.322 e. The Hall–Kier alpha value is -3.60. The van der Waals surface area contributed by atoms with Gasteiger partial charge >= 0.3 is 6.01 Å². The van der Waals surface area contributed by atoms with Crippen LogP contribution >= 0.6 is 0 Å². The number of carbonyl (C=O) groups excluding carboxylic acids is 2. The molecule has 9 nitrogen and oxygen atoms in total. The van der Waals surface area contributed by atoms with E-state index in [0.29, 0.717) is 11.3 Å². The lowest BCUT2D eigenvalue weighted by molar-refractivity contribution is -0.122. The molecule has 160 valence electrons. The Balaban J connectivity index is 1.42. The molecule has 1 unspecified atom stereocenters. The maximum absolute atomic E-state index is 13.1. The molecule has 0 radical (unpaired) electrons. The van der Waals surface area contributed by atoms with E-state index < -0.39 is 27.5 Å². The fourth-order valence-corrected chi connectivity index (χ4v) is 3.83. The average Bonchev–Trinajstić information content (AvgIpc) is 3.35. The minimum absolute atomic E-state index is 0.00282. The summed E-state index contributed by atoms with van der Waals surface area (Å²) >= 11 is 0. The summed E-state index contributed by atoms with van der Waals surface area (Å²) in [6, 6.07) is 11.2. The molecule has 1 aliphatic heterocycles. The van der Waals surface area contributed by atoms with Gasteiger partial charge in [0.1, 0.15) is 5.82 Å². The predicted octanol–water partition coefficient (Wildman–Crippen LogP) is 2.27. The van der Waals surface area contributed by atoms with E-state index in [-0.39, 0.29) is 35.7 Å². The fourth-order valence-electron chi connectivity index (χ4n) is 3.20. The molecule has 0 aliphatic carbocycles. The minimum atomic E-state index is -3.33. The number of sulfone groups is 1. The average molecular weight is 444 g/mol. The van der Waals surface area contributed by atoms with Crippen molar-refractivity contribution in [2.45, 2.75) is 11.3 Å². The number of rotatable bonds is 5. The highest BCUT2D eigenvalue weighted by Gasteiger charge is 2.35. The molecule has 1 saturated heterocycles. The van der Waals surface area contributed by atoms with Crippen molar-refractivity contribution >= 4 is 33.4 Å². The fraction of sp³-hybridized carbons (Fsp3) is 0.200. The third-order valence-corrected chi connectivity index (χ3v) is 5.95. The van der Waals surface area contributed by atoms with Gasteiger partial charge in [-0.25, -0.2) is 12.8 Å². The highest BCUT2D eigenvalue weighted by Crippen LogP contribution is 2.27. The Kier molecular flexibility index (Phi) is 5.27. The van der Waals surface area contributed by atoms with Crippen LogP contribution in [0.5, 0.6) is 0 Å². The van der Waals surface area contributed by atoms with Crippen molar-refractivity contribution in [2.24, 2.45) is 5.92 Å². The second-order valence-electron chi connectivity index (χ2n) is 7.08. The molecule has 2 aromatic carbocycles. The van der Waals surface area contributed by atoms with Gasteiger partial charge in [0.2, 0.25) is 17.7 Å². The summed E-state index contributed by atoms with van der Waals surface area (Å²) in [5.41, 5.74) is 0.998. The van der Waals surface area contributed by atoms with Crippen LogP contribution in [0.25, 0.3) is 11.5 Å². The molecule has 4 rings (SSSR count). The molecule has 1 N–H and O–H groups in total. The van der Waals surface area contributed by atoms with Gasteiger partial charge < -0.3 is 9.32 Å². The maximum atomic E-state index is 13.1. The lowest BCUT2D eigenvalue weighted by Crippen LogP contribution is -2.28. The third-order valence-electron chi connectivity index (χ3n) is 4.82. The zero-order valence-corrected chi connectivity index (χ0v) is 17.1. The molecule has 1 fully saturated rings. The summed E-state index contributed by atoms with van der Waals surface area (Å²) in [6.45, 7) is 0.143. The van der Waals surface area contributed by atoms with Crippen LogP contribution in [0.1, 0.15) is 6.42 Å². The van der Waals surface area contributed by atoms with Crippen LogP contribution in [0.2, 0.25) is 0 Å². The number of halogens is 1. The van der Waals surface area contributed by atoms with Gasteiger partial charge in [0.25, 0.3) is 0 Å². The molecular formula is C20H17FN4O5S. The number of carbonyl (C=O) groups is 2. The standard InChI is InChI=1S/C20H17FN4O5S/c1-31(28,29)16-8-2-12(3-9-16)19-23-24-20(30-19)22-18(27)13-10-17(26)25(11-13)15-6-4-14(21)5-7-15/h2-9,13H,10-11H2,1H3,(H,22,24,27). The monoisotopic (exact) mass is 444 g/mol. The minimum Gasteiger partial charge on any atom is -0.403 e. The number of amides is 2. The quantitative estimate of drug-likeness (QED) is 0.640. The SMILES string of the molecule is CS(=O)(=O)c1ccc(-c2nnc(NC(=O)C3CC(=O)N(c4ccc(F)cc4)C3)o2)cc1. The van der Waals surface area contributed by atoms with Gasteiger partial charge in [-0.2, -0.15) is 0 Å². The number of aromatic nitrogens is 2. The molecule has 1 aromatic heterocycles. The van der Waals surface area contributed by atoms with Crippen molar-refractivity contribution < 1.29 is 26.8 Å². The van der Waals surface area contributed by atoms with E-state index in [2.05, 4.69) is 15.5 Å². The first-order chi connectivity index (χ1) is 14.7. The van der Waals surface area contributed by atoms with Crippen molar-refractivity contribution in [1.82, 2.24) is 10.2 Å². The Morgan fingerprint density at radius 3 is 2.45 bits per heavy atom. The second-order valence-corrected chi connectivity index (χ2v) is 9.10. The van der Waals surface area contributed by atoms with E-state index in [1.165, 1.54) is 53.4 Å². The summed E-state index contributed by atoms with van der Waals surface area (Å²) in [4.78, 5) is 26.4. The normalized spacial score (nSPS) is 16.5. The van der Waals surface area contributed by atoms with Crippen molar-refractivity contribution in [3.63, 3.8) is 0 Å². The van der Waals surface area contributed by atoms with Crippen molar-refractivity contribution in [1.29, 1.82) is 0 Å². The van der Waals surface area contributed by atoms with E-state index in [0.717, 1.165) is 6.26 Å². The number of hydrogen-bond donors (Lipinski definition) is 1. The van der Waals surface area contributed by atoms with Gasteiger partial charge in [0, 0.05) is 30.5 Å². The number of hydrogen-bond acceptors (Lipinski definition) is 7. The summed E-state index contributed by atoms with van der Waals surface area (Å²) in [5, 5.41) is 10.1. The van der Waals surface area contributed by atoms with Crippen LogP contribution in [0.4, 0.5) is 16.1 Å². The van der Waals surface area contributed by atoms with Gasteiger partial charge in [-0.3, -0.25) is 14.9 Å². The van der Waals surface area contributed by atoms with Crippen LogP contribution < -0.4 is 10.2 Å². The number of benzene rings is 2. The van der Waals surface area contributed by atoms with E-state index >= 15 is 0 Å². The Morgan fingerprint density at radius 1 is 1.13 bits per heavy atom. The first-order valence-corrected chi connectivity index (χ1v) is 11.1. The molecule has 0 saturated carbocycles. The van der Waals surface area contributed by atoms with Crippen LogP contribution in [0.3, 0.4) is 0 Å². The van der Waals surface area contributed by atoms with E-state index in [9.17, 15) is 22.4 Å². The molecule has 2 heterocycles. The molecule has 1 atom stereocenters. The van der Waals surface area contributed by atoms with Crippen molar-refractivity contribution in [3.05, 3.63) is 54.3 Å². The smallest absolute Gasteiger partial charge is 0.322 e. The molecule has 3 aromatic rings. The Morgan fingerprint density at radius 2 is 1.81 bits per heavy atom. The van der Waals surface area contributed by atoms with Gasteiger partial charge in [-0.15, -0.1) is 5.10 Å². The van der Waals surface area contributed by atoms with E-state index in [4.69, 9.17) is 4.42 Å². The first-order valence-electron chi connectivity index (χ1n) is 9.21. The van der Waals surface area contributed by atoms with Gasteiger partial charge in [0.15, 0.2) is 9.84 Å². The molecule has 11 heteroatoms. The van der Waals surface area contributed by atoms with E-state index in [1.54, 1.807) is 0 Å². The highest BCUT2D eigenvalue weighted by atomic mass is 32.2. The van der Waals surface area contributed by atoms with Gasteiger partial charge in [0.05, 0.1) is 10.8 Å². The highest BCUT2D eigenvalue weighted by molar-refractivity contribution is 7.90. The van der Waals surface area contributed by atoms with Crippen LogP contribution in [0.15, 0.2) is 57.8 Å². The van der Waals surface area contributed by atoms with Gasteiger partial charge in [-0.05, 0) is 48.5 Å². The topological polar surface area (TPSA) is 122 Å². The third kappa shape index (κ3) is 4.45. The Labute approximate surface area is 176 Å². The molecular weight excluding hydrogens is 427 g/mol. The number of anilines is 2. The summed E-state index contributed by atoms with van der Waals surface area (Å²) < 4.78 is 41.6. The van der Waals surface area contributed by atoms with Crippen molar-refractivity contribution in [2.75, 3.05) is 23.0 Å². The van der Waals surface area contributed by atoms with Gasteiger partial charge in [-0.1, -0.05) is 5.10 Å². The molecule has 2 amide bonds. The summed E-state index contributed by atoms with van der Waals surface area (Å²) in [7, 11) is -3.33. The van der Waals surface area contributed by atoms with E-state index in [1.807, 2.05) is 0 Å². The van der Waals surface area contributed by atoms with Crippen LogP contribution in [-0.4, -0.2) is 43.2 Å². The number of nitrogens with zero attached hydrogens (tertiary/aromatic N) is 3. The van der Waals surface area contributed by atoms with Crippen LogP contribution in [0, 0.1) is 11.7 Å². The zero-order valence-electron chi connectivity index (χ0n) is 16.3. The lowest BCUT2D eigenvalue weighted by atomic mass is 10.1. The summed E-state index contributed by atoms with van der Waals surface area (Å²) in [5.74, 6) is -1.65. The zero-order chi connectivity index (χ0) is 22.2. The second kappa shape index (κ2) is 7.91. The lowest BCUT2D eigenvalue weighted by Gasteiger charge is -2.16. The Bertz CT molecular complexity index is 1240. The molecule has 1 aliphatic rings. The molecule has 0 bridgehead atoms. The largest absolute Gasteiger partial charge is 0.403 e. The van der Waals surface area contributed by atoms with Crippen molar-refractivity contribution in [3.8, 4) is 11.5 Å². The molecule has 0 spiro atoms.